The molecule has 3 atom stereocenters. The molecule has 3 nitrogen and oxygen atoms in total. The molecule has 1 aliphatic rings. The van der Waals surface area contributed by atoms with E-state index in [0.717, 1.165) is 19.5 Å². The summed E-state index contributed by atoms with van der Waals surface area (Å²) in [5, 5.41) is 13.4. The van der Waals surface area contributed by atoms with Gasteiger partial charge in [0.05, 0.1) is 6.10 Å². The standard InChI is InChI=1S/C13H28N2O/c1-10-6-11(9-15(10)5)14-8-12(16)7-13(2,3)4/h10-12,14,16H,6-9H2,1-5H3. The molecular formula is C13H28N2O. The van der Waals surface area contributed by atoms with Crippen LogP contribution >= 0.6 is 0 Å². The highest BCUT2D eigenvalue weighted by atomic mass is 16.3. The SMILES string of the molecule is CC1CC(NCC(O)CC(C)(C)C)CN1C. The van der Waals surface area contributed by atoms with Gasteiger partial charge in [-0.1, -0.05) is 20.8 Å². The lowest BCUT2D eigenvalue weighted by atomic mass is 9.89. The smallest absolute Gasteiger partial charge is 0.0669 e. The molecule has 0 aromatic carbocycles. The minimum absolute atomic E-state index is 0.209. The maximum absolute atomic E-state index is 9.90. The third-order valence-corrected chi connectivity index (χ3v) is 3.38. The lowest BCUT2D eigenvalue weighted by Crippen LogP contribution is -2.38. The summed E-state index contributed by atoms with van der Waals surface area (Å²) in [5.74, 6) is 0. The molecule has 0 spiro atoms. The zero-order chi connectivity index (χ0) is 12.3. The Hall–Kier alpha value is -0.120. The minimum Gasteiger partial charge on any atom is -0.392 e. The molecule has 1 heterocycles. The Labute approximate surface area is 100 Å². The molecule has 1 aliphatic heterocycles. The summed E-state index contributed by atoms with van der Waals surface area (Å²) in [6.07, 6.45) is 1.83. The first-order valence-corrected chi connectivity index (χ1v) is 6.39. The van der Waals surface area contributed by atoms with E-state index in [1.54, 1.807) is 0 Å². The number of nitrogens with one attached hydrogen (secondary N) is 1. The number of aliphatic hydroxyl groups excluding tert-OH is 1. The van der Waals surface area contributed by atoms with Crippen LogP contribution in [0.1, 0.15) is 40.5 Å². The normalized spacial score (nSPS) is 29.6. The van der Waals surface area contributed by atoms with Gasteiger partial charge in [-0.3, -0.25) is 0 Å². The van der Waals surface area contributed by atoms with Gasteiger partial charge in [-0.15, -0.1) is 0 Å². The number of nitrogens with zero attached hydrogens (tertiary/aromatic N) is 1. The molecule has 1 rings (SSSR count). The van der Waals surface area contributed by atoms with Crippen molar-refractivity contribution >= 4 is 0 Å². The summed E-state index contributed by atoms with van der Waals surface area (Å²) >= 11 is 0. The van der Waals surface area contributed by atoms with Gasteiger partial charge in [-0.2, -0.15) is 0 Å². The third kappa shape index (κ3) is 4.81. The Morgan fingerprint density at radius 2 is 2.06 bits per heavy atom. The molecule has 0 bridgehead atoms. The second-order valence-electron chi connectivity index (χ2n) is 6.55. The second kappa shape index (κ2) is 5.48. The van der Waals surface area contributed by atoms with Gasteiger partial charge in [-0.25, -0.2) is 0 Å². The van der Waals surface area contributed by atoms with Gasteiger partial charge < -0.3 is 15.3 Å². The van der Waals surface area contributed by atoms with Crippen molar-refractivity contribution in [2.75, 3.05) is 20.1 Å². The van der Waals surface area contributed by atoms with Gasteiger partial charge in [0.25, 0.3) is 0 Å². The van der Waals surface area contributed by atoms with E-state index < -0.39 is 0 Å². The van der Waals surface area contributed by atoms with Gasteiger partial charge >= 0.3 is 0 Å². The Balaban J connectivity index is 2.20. The van der Waals surface area contributed by atoms with Crippen molar-refractivity contribution < 1.29 is 5.11 Å². The molecule has 0 aliphatic carbocycles. The van der Waals surface area contributed by atoms with Crippen LogP contribution in [0, 0.1) is 5.41 Å². The average Bonchev–Trinajstić information content (AvgIpc) is 2.40. The molecule has 0 aromatic heterocycles. The summed E-state index contributed by atoms with van der Waals surface area (Å²) in [6.45, 7) is 10.6. The van der Waals surface area contributed by atoms with Crippen molar-refractivity contribution in [3.05, 3.63) is 0 Å². The Kier molecular flexibility index (Phi) is 4.77. The van der Waals surface area contributed by atoms with Crippen LogP contribution in [-0.4, -0.2) is 48.3 Å². The molecule has 3 heteroatoms. The summed E-state index contributed by atoms with van der Waals surface area (Å²) in [4.78, 5) is 2.37. The van der Waals surface area contributed by atoms with Crippen molar-refractivity contribution in [2.24, 2.45) is 5.41 Å². The molecular weight excluding hydrogens is 200 g/mol. The average molecular weight is 228 g/mol. The van der Waals surface area contributed by atoms with Gasteiger partial charge in [0.1, 0.15) is 0 Å². The highest BCUT2D eigenvalue weighted by molar-refractivity contribution is 4.85. The van der Waals surface area contributed by atoms with E-state index in [4.69, 9.17) is 0 Å². The number of likely N-dealkylation sites (N-methyl/N-ethyl adjacent to an activating group) is 1. The number of hydrogen-bond donors (Lipinski definition) is 2. The molecule has 0 radical (unpaired) electrons. The molecule has 0 aromatic rings. The zero-order valence-electron chi connectivity index (χ0n) is 11.5. The molecule has 1 saturated heterocycles. The zero-order valence-corrected chi connectivity index (χ0v) is 11.5. The fourth-order valence-corrected chi connectivity index (χ4v) is 2.42. The van der Waals surface area contributed by atoms with Crippen LogP contribution in [0.5, 0.6) is 0 Å². The van der Waals surface area contributed by atoms with Crippen LogP contribution in [0.3, 0.4) is 0 Å². The molecule has 96 valence electrons. The third-order valence-electron chi connectivity index (χ3n) is 3.38. The largest absolute Gasteiger partial charge is 0.392 e. The molecule has 16 heavy (non-hydrogen) atoms. The molecule has 0 amide bonds. The van der Waals surface area contributed by atoms with Crippen LogP contribution in [0.4, 0.5) is 0 Å². The number of aliphatic hydroxyl groups is 1. The van der Waals surface area contributed by atoms with Crippen molar-refractivity contribution in [1.82, 2.24) is 10.2 Å². The van der Waals surface area contributed by atoms with E-state index in [-0.39, 0.29) is 11.5 Å². The first-order chi connectivity index (χ1) is 7.28. The first kappa shape index (κ1) is 13.9. The van der Waals surface area contributed by atoms with Crippen LogP contribution in [0.2, 0.25) is 0 Å². The molecule has 1 fully saturated rings. The highest BCUT2D eigenvalue weighted by Crippen LogP contribution is 2.21. The monoisotopic (exact) mass is 228 g/mol. The maximum atomic E-state index is 9.90. The minimum atomic E-state index is -0.221. The highest BCUT2D eigenvalue weighted by Gasteiger charge is 2.26. The van der Waals surface area contributed by atoms with Crippen molar-refractivity contribution in [3.63, 3.8) is 0 Å². The predicted molar refractivity (Wildman–Crippen MR) is 68.6 cm³/mol. The fourth-order valence-electron chi connectivity index (χ4n) is 2.42. The van der Waals surface area contributed by atoms with Gasteiger partial charge in [0.2, 0.25) is 0 Å². The van der Waals surface area contributed by atoms with Crippen molar-refractivity contribution in [2.45, 2.75) is 58.7 Å². The van der Waals surface area contributed by atoms with Crippen molar-refractivity contribution in [3.8, 4) is 0 Å². The first-order valence-electron chi connectivity index (χ1n) is 6.39. The fraction of sp³-hybridized carbons (Fsp3) is 1.00. The van der Waals surface area contributed by atoms with Crippen molar-refractivity contribution in [1.29, 1.82) is 0 Å². The van der Waals surface area contributed by atoms with E-state index >= 15 is 0 Å². The lowest BCUT2D eigenvalue weighted by molar-refractivity contribution is 0.117. The molecule has 3 unspecified atom stereocenters. The van der Waals surface area contributed by atoms with Gasteiger partial charge in [0.15, 0.2) is 0 Å². The second-order valence-corrected chi connectivity index (χ2v) is 6.55. The number of hydrogen-bond acceptors (Lipinski definition) is 3. The topological polar surface area (TPSA) is 35.5 Å². The van der Waals surface area contributed by atoms with Gasteiger partial charge in [0, 0.05) is 25.2 Å². The summed E-state index contributed by atoms with van der Waals surface area (Å²) in [6, 6.07) is 1.21. The van der Waals surface area contributed by atoms with E-state index in [0.29, 0.717) is 12.1 Å². The van der Waals surface area contributed by atoms with Crippen LogP contribution in [-0.2, 0) is 0 Å². The Bertz CT molecular complexity index is 202. The lowest BCUT2D eigenvalue weighted by Gasteiger charge is -2.23. The van der Waals surface area contributed by atoms with Crippen LogP contribution < -0.4 is 5.32 Å². The van der Waals surface area contributed by atoms with E-state index in [2.05, 4.69) is 45.0 Å². The van der Waals surface area contributed by atoms with E-state index in [9.17, 15) is 5.11 Å². The van der Waals surface area contributed by atoms with Crippen LogP contribution in [0.15, 0.2) is 0 Å². The summed E-state index contributed by atoms with van der Waals surface area (Å²) in [7, 11) is 2.16. The summed E-state index contributed by atoms with van der Waals surface area (Å²) in [5.41, 5.74) is 0.209. The molecule has 0 saturated carbocycles. The summed E-state index contributed by atoms with van der Waals surface area (Å²) < 4.78 is 0. The van der Waals surface area contributed by atoms with Crippen LogP contribution in [0.25, 0.3) is 0 Å². The Morgan fingerprint density at radius 1 is 1.44 bits per heavy atom. The predicted octanol–water partition coefficient (Wildman–Crippen LogP) is 1.47. The number of rotatable bonds is 4. The Morgan fingerprint density at radius 3 is 2.50 bits per heavy atom. The van der Waals surface area contributed by atoms with E-state index in [1.807, 2.05) is 0 Å². The van der Waals surface area contributed by atoms with Gasteiger partial charge in [-0.05, 0) is 32.2 Å². The quantitative estimate of drug-likeness (QED) is 0.765. The number of likely N-dealkylation sites (tertiary alicyclic amines) is 1. The maximum Gasteiger partial charge on any atom is 0.0669 e. The molecule has 2 N–H and O–H groups in total. The van der Waals surface area contributed by atoms with E-state index in [1.165, 1.54) is 6.42 Å².